The standard InChI is InChI=1S/C25H41NO3Si2/c1-25-14-13-20-19-10-9-18(28-30(3,4)5)15-17(19)16-22(29-31(6,7)8)24(20)21(25)11-12-23(25)26-27-2/h9-10,15,20-22,24H,11-14,16H2,1-8H3/b26-23+/t20-,21+,22-,24-,25+/m1/s1. The number of rotatable bonds is 5. The Kier molecular flexibility index (Phi) is 5.97. The molecule has 31 heavy (non-hydrogen) atoms. The lowest BCUT2D eigenvalue weighted by Crippen LogP contribution is -2.51. The Balaban J connectivity index is 1.73. The number of fused-ring (bicyclic) bond motifs is 5. The molecule has 0 saturated heterocycles. The van der Waals surface area contributed by atoms with Crippen molar-refractivity contribution in [3.8, 4) is 5.75 Å². The van der Waals surface area contributed by atoms with Gasteiger partial charge in [-0.3, -0.25) is 0 Å². The molecule has 4 rings (SSSR count). The third kappa shape index (κ3) is 4.53. The summed E-state index contributed by atoms with van der Waals surface area (Å²) in [6.07, 6.45) is 5.96. The van der Waals surface area contributed by atoms with Crippen LogP contribution in [0.2, 0.25) is 39.3 Å². The molecule has 172 valence electrons. The quantitative estimate of drug-likeness (QED) is 0.368. The monoisotopic (exact) mass is 459 g/mol. The lowest BCUT2D eigenvalue weighted by atomic mass is 9.54. The van der Waals surface area contributed by atoms with Gasteiger partial charge in [0.2, 0.25) is 8.32 Å². The second-order valence-electron chi connectivity index (χ2n) is 12.1. The van der Waals surface area contributed by atoms with Crippen LogP contribution < -0.4 is 4.43 Å². The zero-order valence-electron chi connectivity index (χ0n) is 20.7. The average Bonchev–Trinajstić information content (AvgIpc) is 2.95. The van der Waals surface area contributed by atoms with Crippen molar-refractivity contribution >= 4 is 22.3 Å². The van der Waals surface area contributed by atoms with Gasteiger partial charge < -0.3 is 13.7 Å². The Morgan fingerprint density at radius 2 is 1.77 bits per heavy atom. The molecule has 0 N–H and O–H groups in total. The van der Waals surface area contributed by atoms with Crippen molar-refractivity contribution in [1.29, 1.82) is 0 Å². The van der Waals surface area contributed by atoms with Crippen LogP contribution >= 0.6 is 0 Å². The zero-order chi connectivity index (χ0) is 22.6. The number of oxime groups is 1. The van der Waals surface area contributed by atoms with Gasteiger partial charge in [0.05, 0.1) is 11.8 Å². The van der Waals surface area contributed by atoms with E-state index in [1.165, 1.54) is 30.5 Å². The molecule has 1 aromatic rings. The summed E-state index contributed by atoms with van der Waals surface area (Å²) in [6, 6.07) is 6.91. The molecular formula is C25H41NO3Si2. The lowest BCUT2D eigenvalue weighted by molar-refractivity contribution is -0.000308. The Morgan fingerprint density at radius 3 is 2.42 bits per heavy atom. The van der Waals surface area contributed by atoms with E-state index >= 15 is 0 Å². The van der Waals surface area contributed by atoms with Crippen LogP contribution in [0, 0.1) is 17.3 Å². The SMILES string of the molecule is CO/N=C1\CC[C@H]2[C@H]3[C@H](CC[C@]12C)c1ccc(O[Si](C)(C)C)cc1C[C@H]3O[Si](C)(C)C. The third-order valence-corrected chi connectivity index (χ3v) is 9.43. The van der Waals surface area contributed by atoms with Gasteiger partial charge in [0.25, 0.3) is 0 Å². The topological polar surface area (TPSA) is 40.0 Å². The maximum absolute atomic E-state index is 6.93. The smallest absolute Gasteiger partial charge is 0.242 e. The van der Waals surface area contributed by atoms with Crippen LogP contribution in [0.15, 0.2) is 23.4 Å². The van der Waals surface area contributed by atoms with Gasteiger partial charge in [0, 0.05) is 5.41 Å². The summed E-state index contributed by atoms with van der Waals surface area (Å²) in [5.74, 6) is 2.80. The van der Waals surface area contributed by atoms with E-state index in [1.807, 2.05) is 0 Å². The highest BCUT2D eigenvalue weighted by Gasteiger charge is 2.57. The van der Waals surface area contributed by atoms with Gasteiger partial charge in [-0.1, -0.05) is 18.1 Å². The highest BCUT2D eigenvalue weighted by molar-refractivity contribution is 6.70. The van der Waals surface area contributed by atoms with Gasteiger partial charge >= 0.3 is 0 Å². The minimum absolute atomic E-state index is 0.149. The van der Waals surface area contributed by atoms with E-state index in [4.69, 9.17) is 13.7 Å². The summed E-state index contributed by atoms with van der Waals surface area (Å²) in [5.41, 5.74) is 4.42. The molecule has 0 heterocycles. The van der Waals surface area contributed by atoms with Crippen molar-refractivity contribution in [3.63, 3.8) is 0 Å². The average molecular weight is 460 g/mol. The first-order valence-electron chi connectivity index (χ1n) is 12.0. The molecule has 3 aliphatic rings. The predicted molar refractivity (Wildman–Crippen MR) is 133 cm³/mol. The van der Waals surface area contributed by atoms with Gasteiger partial charge in [-0.05, 0) is 112 Å². The molecule has 0 radical (unpaired) electrons. The summed E-state index contributed by atoms with van der Waals surface area (Å²) in [6.45, 7) is 16.2. The molecular weight excluding hydrogens is 418 g/mol. The minimum atomic E-state index is -1.67. The highest BCUT2D eigenvalue weighted by Crippen LogP contribution is 2.60. The van der Waals surface area contributed by atoms with E-state index in [1.54, 1.807) is 12.7 Å². The van der Waals surface area contributed by atoms with Gasteiger partial charge in [-0.25, -0.2) is 0 Å². The van der Waals surface area contributed by atoms with Gasteiger partial charge in [-0.2, -0.15) is 0 Å². The first-order valence-corrected chi connectivity index (χ1v) is 18.8. The second-order valence-corrected chi connectivity index (χ2v) is 20.9. The van der Waals surface area contributed by atoms with Crippen LogP contribution in [0.1, 0.15) is 49.7 Å². The number of benzene rings is 1. The number of hydrogen-bond acceptors (Lipinski definition) is 4. The number of nitrogens with zero attached hydrogens (tertiary/aromatic N) is 1. The summed E-state index contributed by atoms with van der Waals surface area (Å²) in [5, 5.41) is 4.48. The molecule has 0 amide bonds. The van der Waals surface area contributed by atoms with Crippen molar-refractivity contribution in [2.75, 3.05) is 7.11 Å². The van der Waals surface area contributed by atoms with E-state index in [9.17, 15) is 0 Å². The van der Waals surface area contributed by atoms with Crippen molar-refractivity contribution in [2.24, 2.45) is 22.4 Å². The Hall–Kier alpha value is -1.12. The molecule has 4 nitrogen and oxygen atoms in total. The first-order chi connectivity index (χ1) is 14.4. The van der Waals surface area contributed by atoms with Crippen molar-refractivity contribution in [3.05, 3.63) is 29.3 Å². The molecule has 2 fully saturated rings. The molecule has 0 aliphatic heterocycles. The van der Waals surface area contributed by atoms with Crippen LogP contribution in [0.25, 0.3) is 0 Å². The molecule has 6 heteroatoms. The van der Waals surface area contributed by atoms with Crippen LogP contribution in [0.4, 0.5) is 0 Å². The maximum Gasteiger partial charge on any atom is 0.242 e. The van der Waals surface area contributed by atoms with Gasteiger partial charge in [-0.15, -0.1) is 0 Å². The maximum atomic E-state index is 6.93. The van der Waals surface area contributed by atoms with E-state index in [2.05, 4.69) is 69.6 Å². The van der Waals surface area contributed by atoms with Crippen molar-refractivity contribution in [1.82, 2.24) is 0 Å². The van der Waals surface area contributed by atoms with Crippen LogP contribution in [-0.4, -0.2) is 35.6 Å². The van der Waals surface area contributed by atoms with E-state index < -0.39 is 16.6 Å². The summed E-state index contributed by atoms with van der Waals surface area (Å²) in [7, 11) is -1.62. The van der Waals surface area contributed by atoms with Crippen LogP contribution in [-0.2, 0) is 15.7 Å². The second kappa shape index (κ2) is 8.03. The van der Waals surface area contributed by atoms with Crippen LogP contribution in [0.5, 0.6) is 5.75 Å². The molecule has 0 unspecified atom stereocenters. The highest BCUT2D eigenvalue weighted by atomic mass is 28.4. The summed E-state index contributed by atoms with van der Waals surface area (Å²) in [4.78, 5) is 5.25. The van der Waals surface area contributed by atoms with Crippen molar-refractivity contribution in [2.45, 2.75) is 90.3 Å². The predicted octanol–water partition coefficient (Wildman–Crippen LogP) is 6.59. The van der Waals surface area contributed by atoms with E-state index in [0.717, 1.165) is 18.6 Å². The molecule has 1 aromatic carbocycles. The zero-order valence-corrected chi connectivity index (χ0v) is 22.7. The molecule has 5 atom stereocenters. The Labute approximate surface area is 191 Å². The fourth-order valence-electron chi connectivity index (χ4n) is 6.59. The molecule has 0 bridgehead atoms. The number of hydrogen-bond donors (Lipinski definition) is 0. The fourth-order valence-corrected chi connectivity index (χ4v) is 8.57. The van der Waals surface area contributed by atoms with E-state index in [-0.39, 0.29) is 11.5 Å². The Bertz CT molecular complexity index is 857. The Morgan fingerprint density at radius 1 is 1.03 bits per heavy atom. The largest absolute Gasteiger partial charge is 0.544 e. The summed E-state index contributed by atoms with van der Waals surface area (Å²) < 4.78 is 13.3. The minimum Gasteiger partial charge on any atom is -0.544 e. The van der Waals surface area contributed by atoms with Crippen LogP contribution in [0.3, 0.4) is 0 Å². The van der Waals surface area contributed by atoms with Crippen molar-refractivity contribution < 1.29 is 13.7 Å². The fraction of sp³-hybridized carbons (Fsp3) is 0.720. The molecule has 2 saturated carbocycles. The normalized spacial score (nSPS) is 34.1. The summed E-state index contributed by atoms with van der Waals surface area (Å²) >= 11 is 0. The molecule has 0 spiro atoms. The van der Waals surface area contributed by atoms with E-state index in [0.29, 0.717) is 17.8 Å². The van der Waals surface area contributed by atoms with Gasteiger partial charge in [0.1, 0.15) is 12.9 Å². The van der Waals surface area contributed by atoms with Gasteiger partial charge in [0.15, 0.2) is 8.32 Å². The lowest BCUT2D eigenvalue weighted by Gasteiger charge is -2.52. The molecule has 0 aromatic heterocycles. The first kappa shape index (κ1) is 23.1. The third-order valence-electron chi connectivity index (χ3n) is 7.57. The molecule has 3 aliphatic carbocycles.